The predicted octanol–water partition coefficient (Wildman–Crippen LogP) is 3.87. The lowest BCUT2D eigenvalue weighted by atomic mass is 10.2. The summed E-state index contributed by atoms with van der Waals surface area (Å²) in [5, 5.41) is 3.34. The van der Waals surface area contributed by atoms with E-state index in [1.165, 1.54) is 0 Å². The Morgan fingerprint density at radius 3 is 2.77 bits per heavy atom. The molecule has 1 aliphatic heterocycles. The van der Waals surface area contributed by atoms with Gasteiger partial charge in [0.2, 0.25) is 11.8 Å². The van der Waals surface area contributed by atoms with Gasteiger partial charge in [0.15, 0.2) is 0 Å². The first-order valence-electron chi connectivity index (χ1n) is 10.2. The first-order chi connectivity index (χ1) is 14.5. The number of benzene rings is 2. The van der Waals surface area contributed by atoms with Crippen LogP contribution < -0.4 is 15.0 Å². The van der Waals surface area contributed by atoms with Crippen LogP contribution in [0, 0.1) is 0 Å². The number of methoxy groups -OCH3 is 1. The molecule has 2 amide bonds. The van der Waals surface area contributed by atoms with Gasteiger partial charge in [-0.15, -0.1) is 11.8 Å². The van der Waals surface area contributed by atoms with Crippen LogP contribution in [0.2, 0.25) is 0 Å². The van der Waals surface area contributed by atoms with E-state index >= 15 is 0 Å². The predicted molar refractivity (Wildman–Crippen MR) is 122 cm³/mol. The van der Waals surface area contributed by atoms with E-state index in [0.717, 1.165) is 17.0 Å². The quantitative estimate of drug-likeness (QED) is 0.727. The fraction of sp³-hybridized carbons (Fsp3) is 0.391. The second-order valence-electron chi connectivity index (χ2n) is 7.31. The van der Waals surface area contributed by atoms with Gasteiger partial charge in [-0.05, 0) is 37.2 Å². The highest BCUT2D eigenvalue weighted by Crippen LogP contribution is 2.37. The van der Waals surface area contributed by atoms with Crippen LogP contribution in [0.5, 0.6) is 5.75 Å². The van der Waals surface area contributed by atoms with Crippen LogP contribution in [0.1, 0.15) is 20.3 Å². The van der Waals surface area contributed by atoms with Gasteiger partial charge in [0, 0.05) is 28.4 Å². The summed E-state index contributed by atoms with van der Waals surface area (Å²) in [5.41, 5.74) is 1.64. The van der Waals surface area contributed by atoms with Crippen molar-refractivity contribution in [3.05, 3.63) is 48.5 Å². The summed E-state index contributed by atoms with van der Waals surface area (Å²) < 4.78 is 5.19. The van der Waals surface area contributed by atoms with E-state index in [9.17, 15) is 9.59 Å². The van der Waals surface area contributed by atoms with Crippen molar-refractivity contribution in [1.29, 1.82) is 0 Å². The number of thioether (sulfide) groups is 1. The molecule has 1 heterocycles. The average molecular weight is 428 g/mol. The van der Waals surface area contributed by atoms with Gasteiger partial charge in [0.05, 0.1) is 25.9 Å². The van der Waals surface area contributed by atoms with Crippen LogP contribution in [0.3, 0.4) is 0 Å². The van der Waals surface area contributed by atoms with Crippen molar-refractivity contribution in [3.63, 3.8) is 0 Å². The van der Waals surface area contributed by atoms with E-state index in [0.29, 0.717) is 29.8 Å². The summed E-state index contributed by atoms with van der Waals surface area (Å²) in [5.74, 6) is 0.550. The third kappa shape index (κ3) is 5.77. The third-order valence-electron chi connectivity index (χ3n) is 5.07. The Morgan fingerprint density at radius 1 is 1.20 bits per heavy atom. The number of fused-ring (bicyclic) bond motifs is 1. The summed E-state index contributed by atoms with van der Waals surface area (Å²) in [6, 6.07) is 15.3. The summed E-state index contributed by atoms with van der Waals surface area (Å²) in [6.07, 6.45) is 0.938. The number of hydrogen-bond donors (Lipinski definition) is 1. The van der Waals surface area contributed by atoms with E-state index in [1.54, 1.807) is 13.2 Å². The Labute approximate surface area is 182 Å². The van der Waals surface area contributed by atoms with Gasteiger partial charge in [-0.2, -0.15) is 0 Å². The lowest BCUT2D eigenvalue weighted by molar-refractivity contribution is -0.121. The van der Waals surface area contributed by atoms with Gasteiger partial charge in [0.25, 0.3) is 0 Å². The first kappa shape index (κ1) is 22.2. The second kappa shape index (κ2) is 10.5. The molecule has 0 bridgehead atoms. The highest BCUT2D eigenvalue weighted by atomic mass is 32.2. The Morgan fingerprint density at radius 2 is 2.00 bits per heavy atom. The summed E-state index contributed by atoms with van der Waals surface area (Å²) in [6.45, 7) is 5.81. The second-order valence-corrected chi connectivity index (χ2v) is 8.79. The van der Waals surface area contributed by atoms with Gasteiger partial charge in [-0.3, -0.25) is 14.5 Å². The van der Waals surface area contributed by atoms with E-state index < -0.39 is 0 Å². The Bertz CT molecular complexity index is 890. The molecule has 1 atom stereocenters. The van der Waals surface area contributed by atoms with E-state index in [4.69, 9.17) is 4.74 Å². The molecule has 160 valence electrons. The Hall–Kier alpha value is -2.51. The number of para-hydroxylation sites is 1. The molecule has 1 N–H and O–H groups in total. The molecular weight excluding hydrogens is 398 g/mol. The molecule has 0 aliphatic carbocycles. The minimum atomic E-state index is -0.154. The lowest BCUT2D eigenvalue weighted by Gasteiger charge is -2.26. The van der Waals surface area contributed by atoms with Crippen LogP contribution in [0.25, 0.3) is 0 Å². The topological polar surface area (TPSA) is 61.9 Å². The zero-order chi connectivity index (χ0) is 21.5. The number of nitrogens with zero attached hydrogens (tertiary/aromatic N) is 2. The van der Waals surface area contributed by atoms with Crippen molar-refractivity contribution in [2.45, 2.75) is 30.4 Å². The van der Waals surface area contributed by atoms with Crippen molar-refractivity contribution in [2.24, 2.45) is 0 Å². The minimum absolute atomic E-state index is 0.0215. The van der Waals surface area contributed by atoms with Gasteiger partial charge < -0.3 is 15.0 Å². The molecular formula is C23H29N3O3S. The smallest absolute Gasteiger partial charge is 0.241 e. The third-order valence-corrected chi connectivity index (χ3v) is 6.31. The number of likely N-dealkylation sites (N-methyl/N-ethyl adjacent to an activating group) is 1. The standard InChI is InChI=1S/C23H29N3O3S/c1-4-25(15-22(27)24-18-8-7-9-19(14-18)29-3)16-23(28)26-13-12-17(2)30-21-11-6-5-10-20(21)26/h5-11,14,17H,4,12-13,15-16H2,1-3H3,(H,24,27)/t17-/m1/s1. The van der Waals surface area contributed by atoms with Crippen molar-refractivity contribution in [3.8, 4) is 5.75 Å². The fourth-order valence-corrected chi connectivity index (χ4v) is 4.52. The molecule has 0 unspecified atom stereocenters. The summed E-state index contributed by atoms with van der Waals surface area (Å²) in [7, 11) is 1.59. The number of hydrogen-bond acceptors (Lipinski definition) is 5. The van der Waals surface area contributed by atoms with Crippen LogP contribution in [0.4, 0.5) is 11.4 Å². The van der Waals surface area contributed by atoms with Gasteiger partial charge in [-0.25, -0.2) is 0 Å². The maximum Gasteiger partial charge on any atom is 0.241 e. The van der Waals surface area contributed by atoms with Crippen molar-refractivity contribution < 1.29 is 14.3 Å². The molecule has 0 saturated carbocycles. The highest BCUT2D eigenvalue weighted by Gasteiger charge is 2.25. The van der Waals surface area contributed by atoms with Crippen LogP contribution in [-0.4, -0.2) is 55.3 Å². The average Bonchev–Trinajstić information content (AvgIpc) is 2.91. The fourth-order valence-electron chi connectivity index (χ4n) is 3.41. The molecule has 0 spiro atoms. The molecule has 6 nitrogen and oxygen atoms in total. The monoisotopic (exact) mass is 427 g/mol. The molecule has 0 saturated heterocycles. The molecule has 2 aromatic rings. The number of carbonyl (C=O) groups excluding carboxylic acids is 2. The van der Waals surface area contributed by atoms with Crippen LogP contribution in [0.15, 0.2) is 53.4 Å². The van der Waals surface area contributed by atoms with Crippen molar-refractivity contribution in [2.75, 3.05) is 43.5 Å². The Kier molecular flexibility index (Phi) is 7.76. The summed E-state index contributed by atoms with van der Waals surface area (Å²) in [4.78, 5) is 30.5. The normalized spacial score (nSPS) is 16.0. The number of carbonyl (C=O) groups is 2. The number of amides is 2. The maximum atomic E-state index is 13.1. The van der Waals surface area contributed by atoms with Crippen molar-refractivity contribution in [1.82, 2.24) is 4.90 Å². The van der Waals surface area contributed by atoms with Gasteiger partial charge in [0.1, 0.15) is 5.75 Å². The molecule has 2 aromatic carbocycles. The molecule has 1 aliphatic rings. The number of nitrogens with one attached hydrogen (secondary N) is 1. The van der Waals surface area contributed by atoms with E-state index in [-0.39, 0.29) is 24.9 Å². The largest absolute Gasteiger partial charge is 0.497 e. The number of anilines is 2. The van der Waals surface area contributed by atoms with Crippen LogP contribution >= 0.6 is 11.8 Å². The van der Waals surface area contributed by atoms with Crippen molar-refractivity contribution >= 4 is 35.0 Å². The maximum absolute atomic E-state index is 13.1. The zero-order valence-electron chi connectivity index (χ0n) is 17.8. The van der Waals surface area contributed by atoms with Gasteiger partial charge in [-0.1, -0.05) is 32.0 Å². The molecule has 0 fully saturated rings. The minimum Gasteiger partial charge on any atom is -0.497 e. The van der Waals surface area contributed by atoms with Crippen LogP contribution in [-0.2, 0) is 9.59 Å². The molecule has 30 heavy (non-hydrogen) atoms. The molecule has 7 heteroatoms. The Balaban J connectivity index is 1.63. The molecule has 3 rings (SSSR count). The molecule has 0 radical (unpaired) electrons. The highest BCUT2D eigenvalue weighted by molar-refractivity contribution is 8.00. The lowest BCUT2D eigenvalue weighted by Crippen LogP contribution is -2.43. The number of ether oxygens (including phenoxy) is 1. The number of rotatable bonds is 7. The zero-order valence-corrected chi connectivity index (χ0v) is 18.6. The SMILES string of the molecule is CCN(CC(=O)Nc1cccc(OC)c1)CC(=O)N1CC[C@@H](C)Sc2ccccc21. The van der Waals surface area contributed by atoms with Gasteiger partial charge >= 0.3 is 0 Å². The van der Waals surface area contributed by atoms with E-state index in [2.05, 4.69) is 18.3 Å². The summed E-state index contributed by atoms with van der Waals surface area (Å²) >= 11 is 1.81. The van der Waals surface area contributed by atoms with E-state index in [1.807, 2.05) is 64.9 Å². The molecule has 0 aromatic heterocycles. The first-order valence-corrected chi connectivity index (χ1v) is 11.1.